The Bertz CT molecular complexity index is 441. The van der Waals surface area contributed by atoms with Crippen LogP contribution in [0.1, 0.15) is 36.7 Å². The Morgan fingerprint density at radius 3 is 3.16 bits per heavy atom. The van der Waals surface area contributed by atoms with E-state index in [0.717, 1.165) is 25.3 Å². The molecule has 0 aromatic carbocycles. The van der Waals surface area contributed by atoms with E-state index in [1.807, 2.05) is 16.7 Å². The molecule has 1 aromatic heterocycles. The van der Waals surface area contributed by atoms with Gasteiger partial charge in [-0.25, -0.2) is 0 Å². The number of carbonyl (C=O) groups is 1. The zero-order chi connectivity index (χ0) is 13.7. The van der Waals surface area contributed by atoms with Gasteiger partial charge in [0.25, 0.3) is 5.91 Å². The number of halogens is 1. The van der Waals surface area contributed by atoms with E-state index in [4.69, 9.17) is 11.6 Å². The zero-order valence-electron chi connectivity index (χ0n) is 11.1. The normalized spacial score (nSPS) is 20.1. The minimum atomic E-state index is 0.00565. The highest BCUT2D eigenvalue weighted by atomic mass is 35.5. The summed E-state index contributed by atoms with van der Waals surface area (Å²) in [6, 6.07) is 3.34. The number of aromatic nitrogens is 1. The predicted molar refractivity (Wildman–Crippen MR) is 80.9 cm³/mol. The van der Waals surface area contributed by atoms with Gasteiger partial charge in [-0.3, -0.25) is 9.78 Å². The van der Waals surface area contributed by atoms with Crippen molar-refractivity contribution in [2.24, 2.45) is 0 Å². The number of pyridine rings is 1. The third-order valence-electron chi connectivity index (χ3n) is 3.26. The fourth-order valence-electron chi connectivity index (χ4n) is 2.34. The first-order chi connectivity index (χ1) is 9.20. The Labute approximate surface area is 123 Å². The molecule has 1 fully saturated rings. The number of thioether (sulfide) groups is 1. The molecule has 0 saturated carbocycles. The van der Waals surface area contributed by atoms with Gasteiger partial charge in [0.15, 0.2) is 0 Å². The quantitative estimate of drug-likeness (QED) is 0.856. The molecule has 0 aliphatic carbocycles. The van der Waals surface area contributed by atoms with E-state index in [0.29, 0.717) is 16.0 Å². The summed E-state index contributed by atoms with van der Waals surface area (Å²) in [5.41, 5.74) is 0.453. The maximum atomic E-state index is 12.5. The van der Waals surface area contributed by atoms with Crippen molar-refractivity contribution in [3.05, 3.63) is 29.0 Å². The third-order valence-corrected chi connectivity index (χ3v) is 4.68. The van der Waals surface area contributed by atoms with Gasteiger partial charge in [0.2, 0.25) is 0 Å². The molecule has 1 amide bonds. The monoisotopic (exact) mass is 298 g/mol. The molecular formula is C14H19ClN2OS. The molecule has 0 radical (unpaired) electrons. The molecule has 1 saturated heterocycles. The molecule has 2 heterocycles. The molecule has 0 unspecified atom stereocenters. The minimum Gasteiger partial charge on any atom is -0.336 e. The molecule has 104 valence electrons. The molecule has 1 aliphatic heterocycles. The van der Waals surface area contributed by atoms with Crippen LogP contribution in [0.2, 0.25) is 5.02 Å². The van der Waals surface area contributed by atoms with E-state index in [9.17, 15) is 4.79 Å². The first-order valence-electron chi connectivity index (χ1n) is 6.73. The highest BCUT2D eigenvalue weighted by Crippen LogP contribution is 2.23. The van der Waals surface area contributed by atoms with Crippen LogP contribution in [0.25, 0.3) is 0 Å². The van der Waals surface area contributed by atoms with Crippen LogP contribution in [0.4, 0.5) is 0 Å². The summed E-state index contributed by atoms with van der Waals surface area (Å²) < 4.78 is 0. The summed E-state index contributed by atoms with van der Waals surface area (Å²) in [6.07, 6.45) is 5.06. The number of likely N-dealkylation sites (tertiary alicyclic amines) is 1. The summed E-state index contributed by atoms with van der Waals surface area (Å²) in [4.78, 5) is 18.5. The summed E-state index contributed by atoms with van der Waals surface area (Å²) in [6.45, 7) is 3.82. The van der Waals surface area contributed by atoms with Crippen molar-refractivity contribution in [1.82, 2.24) is 9.88 Å². The number of amides is 1. The van der Waals surface area contributed by atoms with Crippen molar-refractivity contribution in [2.45, 2.75) is 31.4 Å². The maximum Gasteiger partial charge on any atom is 0.272 e. The molecule has 1 atom stereocenters. The molecule has 3 nitrogen and oxygen atoms in total. The van der Waals surface area contributed by atoms with Gasteiger partial charge in [-0.1, -0.05) is 24.9 Å². The Morgan fingerprint density at radius 2 is 2.42 bits per heavy atom. The molecule has 0 N–H and O–H groups in total. The van der Waals surface area contributed by atoms with E-state index in [-0.39, 0.29) is 5.91 Å². The fourth-order valence-corrected chi connectivity index (χ4v) is 3.59. The number of hydrogen-bond acceptors (Lipinski definition) is 3. The number of nitrogens with zero attached hydrogens (tertiary/aromatic N) is 2. The lowest BCUT2D eigenvalue weighted by atomic mass is 10.2. The largest absolute Gasteiger partial charge is 0.336 e. The fraction of sp³-hybridized carbons (Fsp3) is 0.571. The highest BCUT2D eigenvalue weighted by molar-refractivity contribution is 7.99. The van der Waals surface area contributed by atoms with Crippen LogP contribution in [-0.2, 0) is 0 Å². The van der Waals surface area contributed by atoms with Crippen molar-refractivity contribution in [2.75, 3.05) is 18.8 Å². The van der Waals surface area contributed by atoms with E-state index in [1.54, 1.807) is 18.3 Å². The summed E-state index contributed by atoms with van der Waals surface area (Å²) in [5.74, 6) is 1.10. The Kier molecular flexibility index (Phi) is 5.52. The first kappa shape index (κ1) is 14.7. The number of rotatable bonds is 3. The van der Waals surface area contributed by atoms with E-state index >= 15 is 0 Å². The minimum absolute atomic E-state index is 0.00565. The maximum absolute atomic E-state index is 12.5. The van der Waals surface area contributed by atoms with Gasteiger partial charge >= 0.3 is 0 Å². The smallest absolute Gasteiger partial charge is 0.272 e. The van der Waals surface area contributed by atoms with Crippen LogP contribution in [0.5, 0.6) is 0 Å². The Hall–Kier alpha value is -0.740. The van der Waals surface area contributed by atoms with E-state index in [1.165, 1.54) is 12.8 Å². The second kappa shape index (κ2) is 7.15. The van der Waals surface area contributed by atoms with E-state index < -0.39 is 0 Å². The van der Waals surface area contributed by atoms with Gasteiger partial charge in [0.05, 0.1) is 0 Å². The van der Waals surface area contributed by atoms with Crippen LogP contribution in [0.3, 0.4) is 0 Å². The predicted octanol–water partition coefficient (Wildman–Crippen LogP) is 3.48. The van der Waals surface area contributed by atoms with Gasteiger partial charge in [-0.05, 0) is 30.7 Å². The topological polar surface area (TPSA) is 33.2 Å². The molecule has 1 aromatic rings. The van der Waals surface area contributed by atoms with Crippen molar-refractivity contribution < 1.29 is 4.79 Å². The summed E-state index contributed by atoms with van der Waals surface area (Å²) in [7, 11) is 0. The Morgan fingerprint density at radius 1 is 1.58 bits per heavy atom. The highest BCUT2D eigenvalue weighted by Gasteiger charge is 2.23. The van der Waals surface area contributed by atoms with Gasteiger partial charge in [-0.15, -0.1) is 0 Å². The molecule has 0 bridgehead atoms. The Balaban J connectivity index is 2.08. The van der Waals surface area contributed by atoms with Crippen molar-refractivity contribution in [1.29, 1.82) is 0 Å². The van der Waals surface area contributed by atoms with Gasteiger partial charge < -0.3 is 4.90 Å². The van der Waals surface area contributed by atoms with Gasteiger partial charge in [0, 0.05) is 29.6 Å². The molecule has 2 rings (SSSR count). The lowest BCUT2D eigenvalue weighted by Gasteiger charge is -2.23. The second-order valence-corrected chi connectivity index (χ2v) is 6.70. The van der Waals surface area contributed by atoms with Crippen LogP contribution < -0.4 is 0 Å². The van der Waals surface area contributed by atoms with Crippen LogP contribution in [0.15, 0.2) is 18.3 Å². The van der Waals surface area contributed by atoms with Crippen molar-refractivity contribution in [3.8, 4) is 0 Å². The molecule has 5 heteroatoms. The number of hydrogen-bond donors (Lipinski definition) is 0. The van der Waals surface area contributed by atoms with Gasteiger partial charge in [-0.2, -0.15) is 11.8 Å². The van der Waals surface area contributed by atoms with Crippen molar-refractivity contribution >= 4 is 29.3 Å². The molecule has 0 spiro atoms. The number of carbonyl (C=O) groups excluding carboxylic acids is 1. The second-order valence-electron chi connectivity index (χ2n) is 4.68. The lowest BCUT2D eigenvalue weighted by Crippen LogP contribution is -2.36. The molecular weight excluding hydrogens is 280 g/mol. The van der Waals surface area contributed by atoms with Gasteiger partial charge in [0.1, 0.15) is 5.69 Å². The zero-order valence-corrected chi connectivity index (χ0v) is 12.7. The first-order valence-corrected chi connectivity index (χ1v) is 8.16. The lowest BCUT2D eigenvalue weighted by molar-refractivity contribution is 0.0757. The SMILES string of the molecule is CCS[C@@H]1CCCCN(C(=O)c2cc(Cl)ccn2)C1. The average molecular weight is 299 g/mol. The summed E-state index contributed by atoms with van der Waals surface area (Å²) >= 11 is 7.87. The van der Waals surface area contributed by atoms with Crippen LogP contribution >= 0.6 is 23.4 Å². The molecule has 19 heavy (non-hydrogen) atoms. The van der Waals surface area contributed by atoms with Crippen LogP contribution in [-0.4, -0.2) is 39.9 Å². The summed E-state index contributed by atoms with van der Waals surface area (Å²) in [5, 5.41) is 1.11. The van der Waals surface area contributed by atoms with Crippen molar-refractivity contribution in [3.63, 3.8) is 0 Å². The van der Waals surface area contributed by atoms with Crippen LogP contribution in [0, 0.1) is 0 Å². The van der Waals surface area contributed by atoms with E-state index in [2.05, 4.69) is 11.9 Å². The average Bonchev–Trinajstić information content (AvgIpc) is 2.64. The third kappa shape index (κ3) is 4.11. The standard InChI is InChI=1S/C14H19ClN2OS/c1-2-19-12-5-3-4-8-17(10-12)14(18)13-9-11(15)6-7-16-13/h6-7,9,12H,2-5,8,10H2,1H3/t12-/m1/s1. The molecule has 1 aliphatic rings.